The highest BCUT2D eigenvalue weighted by Crippen LogP contribution is 2.29. The first-order valence-corrected chi connectivity index (χ1v) is 9.32. The van der Waals surface area contributed by atoms with Gasteiger partial charge in [-0.05, 0) is 19.4 Å². The molecule has 11 heteroatoms. The van der Waals surface area contributed by atoms with Crippen molar-refractivity contribution in [2.24, 2.45) is 7.05 Å². The number of carbonyl (C=O) groups excluding carboxylic acids is 2. The van der Waals surface area contributed by atoms with Crippen molar-refractivity contribution in [2.75, 3.05) is 30.6 Å². The molecular weight excluding hydrogens is 352 g/mol. The number of thioether (sulfide) groups is 2. The molecule has 2 aromatic heterocycles. The fourth-order valence-electron chi connectivity index (χ4n) is 2.06. The Kier molecular flexibility index (Phi) is 5.44. The van der Waals surface area contributed by atoms with Gasteiger partial charge in [0.15, 0.2) is 0 Å². The molecule has 9 nitrogen and oxygen atoms in total. The normalized spacial score (nSPS) is 10.8. The predicted molar refractivity (Wildman–Crippen MR) is 93.5 cm³/mol. The van der Waals surface area contributed by atoms with E-state index in [-0.39, 0.29) is 29.4 Å². The van der Waals surface area contributed by atoms with Crippen molar-refractivity contribution in [1.82, 2.24) is 19.6 Å². The monoisotopic (exact) mass is 370 g/mol. The van der Waals surface area contributed by atoms with Crippen LogP contribution in [0.3, 0.4) is 0 Å². The molecule has 2 heterocycles. The Hall–Kier alpha value is -2.14. The molecule has 0 unspecified atom stereocenters. The molecule has 0 atom stereocenters. The summed E-state index contributed by atoms with van der Waals surface area (Å²) in [5.41, 5.74) is 12.2. The summed E-state index contributed by atoms with van der Waals surface area (Å²) in [7, 11) is 1.63. The zero-order valence-corrected chi connectivity index (χ0v) is 15.3. The molecule has 0 aliphatic rings. The molecular formula is C13H18N6O3S2. The van der Waals surface area contributed by atoms with Gasteiger partial charge in [0.2, 0.25) is 0 Å². The molecule has 0 fully saturated rings. The predicted octanol–water partition coefficient (Wildman–Crippen LogP) is 1.09. The first-order chi connectivity index (χ1) is 11.4. The van der Waals surface area contributed by atoms with E-state index < -0.39 is 11.9 Å². The molecule has 130 valence electrons. The summed E-state index contributed by atoms with van der Waals surface area (Å²) in [5.74, 6) is -1.06. The minimum absolute atomic E-state index is 0.0749. The van der Waals surface area contributed by atoms with Crippen LogP contribution in [0, 0.1) is 0 Å². The van der Waals surface area contributed by atoms with Crippen LogP contribution in [-0.2, 0) is 11.8 Å². The number of nitrogens with zero attached hydrogens (tertiary/aromatic N) is 4. The van der Waals surface area contributed by atoms with Crippen molar-refractivity contribution in [3.05, 3.63) is 11.1 Å². The van der Waals surface area contributed by atoms with Crippen molar-refractivity contribution in [3.63, 3.8) is 0 Å². The highest BCUT2D eigenvalue weighted by Gasteiger charge is 2.29. The molecule has 2 aromatic rings. The lowest BCUT2D eigenvalue weighted by Crippen LogP contribution is -2.19. The van der Waals surface area contributed by atoms with Gasteiger partial charge in [0.05, 0.1) is 6.61 Å². The molecule has 0 aromatic carbocycles. The number of aryl methyl sites for hydroxylation is 1. The number of ether oxygens (including phenoxy) is 1. The topological polar surface area (TPSA) is 131 Å². The lowest BCUT2D eigenvalue weighted by molar-refractivity contribution is 0.0523. The fourth-order valence-corrected chi connectivity index (χ4v) is 3.22. The number of hydrogen-bond donors (Lipinski definition) is 2. The third kappa shape index (κ3) is 2.96. The number of aromatic nitrogens is 4. The minimum Gasteiger partial charge on any atom is -0.462 e. The number of rotatable bonds is 5. The number of anilines is 2. The van der Waals surface area contributed by atoms with Gasteiger partial charge in [0.1, 0.15) is 32.8 Å². The molecule has 4 N–H and O–H groups in total. The van der Waals surface area contributed by atoms with Gasteiger partial charge in [-0.1, -0.05) is 0 Å². The van der Waals surface area contributed by atoms with E-state index in [4.69, 9.17) is 16.2 Å². The molecule has 0 amide bonds. The molecule has 2 rings (SSSR count). The molecule has 0 saturated heterocycles. The van der Waals surface area contributed by atoms with E-state index in [0.29, 0.717) is 10.1 Å². The first-order valence-electron chi connectivity index (χ1n) is 6.88. The zero-order chi connectivity index (χ0) is 18.0. The molecule has 0 saturated carbocycles. The molecule has 0 spiro atoms. The largest absolute Gasteiger partial charge is 0.462 e. The van der Waals surface area contributed by atoms with E-state index in [1.54, 1.807) is 26.5 Å². The molecule has 0 aliphatic carbocycles. The molecule has 0 bridgehead atoms. The van der Waals surface area contributed by atoms with E-state index in [9.17, 15) is 9.59 Å². The lowest BCUT2D eigenvalue weighted by atomic mass is 10.3. The number of hydrogen-bond acceptors (Lipinski definition) is 9. The third-order valence-corrected chi connectivity index (χ3v) is 4.57. The van der Waals surface area contributed by atoms with E-state index >= 15 is 0 Å². The van der Waals surface area contributed by atoms with Gasteiger partial charge < -0.3 is 16.2 Å². The van der Waals surface area contributed by atoms with Gasteiger partial charge in [-0.25, -0.2) is 4.79 Å². The summed E-state index contributed by atoms with van der Waals surface area (Å²) in [6, 6.07) is 0. The van der Waals surface area contributed by atoms with Crippen molar-refractivity contribution < 1.29 is 14.3 Å². The fraction of sp³-hybridized carbons (Fsp3) is 0.385. The second kappa shape index (κ2) is 7.18. The number of esters is 1. The van der Waals surface area contributed by atoms with Gasteiger partial charge in [-0.2, -0.15) is 14.9 Å². The summed E-state index contributed by atoms with van der Waals surface area (Å²) in [5, 5.41) is 9.08. The average molecular weight is 370 g/mol. The van der Waals surface area contributed by atoms with E-state index in [0.717, 1.165) is 4.68 Å². The Labute approximate surface area is 147 Å². The maximum Gasteiger partial charge on any atom is 0.344 e. The van der Waals surface area contributed by atoms with Crippen LogP contribution in [-0.4, -0.2) is 50.6 Å². The van der Waals surface area contributed by atoms with Gasteiger partial charge >= 0.3 is 5.97 Å². The summed E-state index contributed by atoms with van der Waals surface area (Å²) in [6.45, 7) is 1.88. The molecule has 0 radical (unpaired) electrons. The summed E-state index contributed by atoms with van der Waals surface area (Å²) < 4.78 is 7.35. The first kappa shape index (κ1) is 18.2. The van der Waals surface area contributed by atoms with Crippen LogP contribution in [0.2, 0.25) is 0 Å². The van der Waals surface area contributed by atoms with Crippen LogP contribution in [0.25, 0.3) is 0 Å². The van der Waals surface area contributed by atoms with Gasteiger partial charge in [0, 0.05) is 7.05 Å². The second-order valence-corrected chi connectivity index (χ2v) is 6.19. The van der Waals surface area contributed by atoms with Crippen LogP contribution in [0.5, 0.6) is 0 Å². The van der Waals surface area contributed by atoms with Crippen LogP contribution >= 0.6 is 23.5 Å². The maximum atomic E-state index is 12.9. The lowest BCUT2D eigenvalue weighted by Gasteiger charge is -2.05. The van der Waals surface area contributed by atoms with Gasteiger partial charge in [-0.15, -0.1) is 23.5 Å². The second-order valence-electron chi connectivity index (χ2n) is 4.60. The number of carbonyl (C=O) groups is 2. The van der Waals surface area contributed by atoms with E-state index in [1.807, 2.05) is 0 Å². The average Bonchev–Trinajstić information content (AvgIpc) is 3.04. The Bertz CT molecular complexity index is 798. The Morgan fingerprint density at radius 2 is 1.67 bits per heavy atom. The highest BCUT2D eigenvalue weighted by atomic mass is 32.2. The van der Waals surface area contributed by atoms with Crippen molar-refractivity contribution in [1.29, 1.82) is 0 Å². The zero-order valence-electron chi connectivity index (χ0n) is 13.7. The molecule has 24 heavy (non-hydrogen) atoms. The van der Waals surface area contributed by atoms with Gasteiger partial charge in [-0.3, -0.25) is 9.48 Å². The smallest absolute Gasteiger partial charge is 0.344 e. The summed E-state index contributed by atoms with van der Waals surface area (Å²) >= 11 is 2.47. The summed E-state index contributed by atoms with van der Waals surface area (Å²) in [6.07, 6.45) is 3.51. The Morgan fingerprint density at radius 1 is 1.08 bits per heavy atom. The third-order valence-electron chi connectivity index (χ3n) is 3.22. The highest BCUT2D eigenvalue weighted by molar-refractivity contribution is 7.98. The summed E-state index contributed by atoms with van der Waals surface area (Å²) in [4.78, 5) is 24.9. The van der Waals surface area contributed by atoms with Crippen LogP contribution in [0.4, 0.5) is 11.6 Å². The maximum absolute atomic E-state index is 12.9. The van der Waals surface area contributed by atoms with E-state index in [1.165, 1.54) is 28.2 Å². The number of nitrogen functional groups attached to an aromatic ring is 2. The molecule has 0 aliphatic heterocycles. The SMILES string of the molecule is CCOC(=O)c1c(SC)nn(C(=O)c2c(SC)nn(C)c2N)c1N. The Morgan fingerprint density at radius 3 is 2.21 bits per heavy atom. The minimum atomic E-state index is -0.623. The van der Waals surface area contributed by atoms with Crippen molar-refractivity contribution in [2.45, 2.75) is 17.0 Å². The van der Waals surface area contributed by atoms with Crippen LogP contribution < -0.4 is 11.5 Å². The Balaban J connectivity index is 2.58. The number of nitrogens with two attached hydrogens (primary N) is 2. The van der Waals surface area contributed by atoms with Crippen LogP contribution in [0.15, 0.2) is 10.1 Å². The van der Waals surface area contributed by atoms with Crippen LogP contribution in [0.1, 0.15) is 27.6 Å². The van der Waals surface area contributed by atoms with Crippen molar-refractivity contribution in [3.8, 4) is 0 Å². The van der Waals surface area contributed by atoms with E-state index in [2.05, 4.69) is 10.2 Å². The van der Waals surface area contributed by atoms with Crippen molar-refractivity contribution >= 4 is 47.0 Å². The van der Waals surface area contributed by atoms with Gasteiger partial charge in [0.25, 0.3) is 5.91 Å². The quantitative estimate of drug-likeness (QED) is 0.586. The standard InChI is InChI=1S/C13H18N6O3S2/c1-5-22-13(21)7-9(15)19(17-11(7)24-4)12(20)6-8(14)18(2)16-10(6)23-3/h5,14-15H2,1-4H3.